The Balaban J connectivity index is 2.35. The predicted octanol–water partition coefficient (Wildman–Crippen LogP) is 2.89. The summed E-state index contributed by atoms with van der Waals surface area (Å²) in [4.78, 5) is 2.15. The molecule has 0 aliphatic heterocycles. The van der Waals surface area contributed by atoms with Gasteiger partial charge in [0.15, 0.2) is 5.11 Å². The van der Waals surface area contributed by atoms with Crippen LogP contribution in [0.3, 0.4) is 0 Å². The highest BCUT2D eigenvalue weighted by Crippen LogP contribution is 2.19. The zero-order valence-electron chi connectivity index (χ0n) is 11.1. The van der Waals surface area contributed by atoms with Gasteiger partial charge in [-0.2, -0.15) is 0 Å². The topological polar surface area (TPSA) is 27.3 Å². The lowest BCUT2D eigenvalue weighted by Gasteiger charge is -2.14. The minimum absolute atomic E-state index is 0.652. The van der Waals surface area contributed by atoms with Crippen molar-refractivity contribution in [1.82, 2.24) is 10.2 Å². The fourth-order valence-electron chi connectivity index (χ4n) is 1.53. The monoisotopic (exact) mass is 285 g/mol. The highest BCUT2D eigenvalue weighted by molar-refractivity contribution is 7.80. The van der Waals surface area contributed by atoms with Crippen LogP contribution in [0, 0.1) is 6.92 Å². The van der Waals surface area contributed by atoms with Gasteiger partial charge >= 0.3 is 0 Å². The summed E-state index contributed by atoms with van der Waals surface area (Å²) in [5.74, 6) is 0. The Kier molecular flexibility index (Phi) is 6.39. The third kappa shape index (κ3) is 5.67. The first-order valence-electron chi connectivity index (χ1n) is 5.95. The average Bonchev–Trinajstić information content (AvgIpc) is 2.28. The van der Waals surface area contributed by atoms with E-state index in [1.165, 1.54) is 0 Å². The maximum atomic E-state index is 5.90. The summed E-state index contributed by atoms with van der Waals surface area (Å²) in [6.45, 7) is 3.93. The molecule has 0 spiro atoms. The average molecular weight is 286 g/mol. The van der Waals surface area contributed by atoms with Crippen LogP contribution in [0.25, 0.3) is 0 Å². The summed E-state index contributed by atoms with van der Waals surface area (Å²) in [5.41, 5.74) is 2.07. The Bertz CT molecular complexity index is 407. The van der Waals surface area contributed by atoms with E-state index in [0.29, 0.717) is 5.11 Å². The highest BCUT2D eigenvalue weighted by Gasteiger charge is 2.01. The van der Waals surface area contributed by atoms with Crippen LogP contribution in [0.1, 0.15) is 12.0 Å². The lowest BCUT2D eigenvalue weighted by molar-refractivity contribution is 0.400. The van der Waals surface area contributed by atoms with Gasteiger partial charge in [0.05, 0.1) is 0 Å². The molecular formula is C13H20ClN3S. The molecule has 18 heavy (non-hydrogen) atoms. The first-order chi connectivity index (χ1) is 8.49. The first-order valence-corrected chi connectivity index (χ1v) is 6.73. The lowest BCUT2D eigenvalue weighted by Crippen LogP contribution is -2.31. The minimum Gasteiger partial charge on any atom is -0.362 e. The van der Waals surface area contributed by atoms with Crippen LogP contribution < -0.4 is 10.6 Å². The van der Waals surface area contributed by atoms with Gasteiger partial charge in [0.1, 0.15) is 0 Å². The van der Waals surface area contributed by atoms with Crippen LogP contribution >= 0.6 is 23.8 Å². The molecule has 100 valence electrons. The van der Waals surface area contributed by atoms with E-state index in [9.17, 15) is 0 Å². The number of hydrogen-bond donors (Lipinski definition) is 2. The summed E-state index contributed by atoms with van der Waals surface area (Å²) in [5, 5.41) is 7.75. The molecule has 0 fully saturated rings. The van der Waals surface area contributed by atoms with Crippen LogP contribution in [0.5, 0.6) is 0 Å². The van der Waals surface area contributed by atoms with Gasteiger partial charge in [-0.15, -0.1) is 0 Å². The van der Waals surface area contributed by atoms with E-state index in [1.54, 1.807) is 0 Å². The molecule has 0 bridgehead atoms. The highest BCUT2D eigenvalue weighted by atomic mass is 35.5. The maximum Gasteiger partial charge on any atom is 0.170 e. The number of benzene rings is 1. The Morgan fingerprint density at radius 1 is 1.39 bits per heavy atom. The number of nitrogens with zero attached hydrogens (tertiary/aromatic N) is 1. The summed E-state index contributed by atoms with van der Waals surface area (Å²) in [6, 6.07) is 5.70. The summed E-state index contributed by atoms with van der Waals surface area (Å²) in [7, 11) is 4.13. The van der Waals surface area contributed by atoms with Crippen molar-refractivity contribution in [3.05, 3.63) is 28.8 Å². The molecule has 0 aliphatic rings. The van der Waals surface area contributed by atoms with Crippen molar-refractivity contribution < 1.29 is 0 Å². The third-order valence-electron chi connectivity index (χ3n) is 2.50. The number of thiocarbonyl (C=S) groups is 1. The lowest BCUT2D eigenvalue weighted by atomic mass is 10.2. The fraction of sp³-hybridized carbons (Fsp3) is 0.462. The van der Waals surface area contributed by atoms with Crippen LogP contribution in [-0.2, 0) is 0 Å². The molecule has 1 aromatic rings. The van der Waals surface area contributed by atoms with E-state index >= 15 is 0 Å². The molecule has 0 radical (unpaired) electrons. The van der Waals surface area contributed by atoms with Gasteiger partial charge < -0.3 is 15.5 Å². The summed E-state index contributed by atoms with van der Waals surface area (Å²) < 4.78 is 0. The Morgan fingerprint density at radius 3 is 2.72 bits per heavy atom. The van der Waals surface area contributed by atoms with Gasteiger partial charge in [0.25, 0.3) is 0 Å². The second-order valence-electron chi connectivity index (χ2n) is 4.50. The van der Waals surface area contributed by atoms with E-state index < -0.39 is 0 Å². The number of anilines is 1. The molecule has 0 unspecified atom stereocenters. The van der Waals surface area contributed by atoms with E-state index in [1.807, 2.05) is 25.1 Å². The molecule has 5 heteroatoms. The molecule has 0 aromatic heterocycles. The van der Waals surface area contributed by atoms with Crippen molar-refractivity contribution >= 4 is 34.6 Å². The van der Waals surface area contributed by atoms with Gasteiger partial charge in [-0.3, -0.25) is 0 Å². The Morgan fingerprint density at radius 2 is 2.11 bits per heavy atom. The molecule has 0 heterocycles. The third-order valence-corrected chi connectivity index (χ3v) is 2.99. The SMILES string of the molecule is Cc1cc(Cl)ccc1NC(=S)NCCCN(C)C. The number of nitrogens with one attached hydrogen (secondary N) is 2. The second kappa shape index (κ2) is 7.56. The quantitative estimate of drug-likeness (QED) is 0.643. The molecule has 0 saturated carbocycles. The molecule has 0 aliphatic carbocycles. The zero-order chi connectivity index (χ0) is 13.5. The van der Waals surface area contributed by atoms with Gasteiger partial charge in [-0.25, -0.2) is 0 Å². The van der Waals surface area contributed by atoms with Crippen molar-refractivity contribution in [3.8, 4) is 0 Å². The van der Waals surface area contributed by atoms with Crippen LogP contribution in [0.4, 0.5) is 5.69 Å². The normalized spacial score (nSPS) is 10.5. The van der Waals surface area contributed by atoms with Crippen LogP contribution in [-0.4, -0.2) is 37.2 Å². The van der Waals surface area contributed by atoms with E-state index in [0.717, 1.165) is 35.8 Å². The van der Waals surface area contributed by atoms with Crippen molar-refractivity contribution in [2.75, 3.05) is 32.5 Å². The van der Waals surface area contributed by atoms with E-state index in [-0.39, 0.29) is 0 Å². The first kappa shape index (κ1) is 15.2. The van der Waals surface area contributed by atoms with Crippen molar-refractivity contribution in [3.63, 3.8) is 0 Å². The summed E-state index contributed by atoms with van der Waals surface area (Å²) >= 11 is 11.1. The van der Waals surface area contributed by atoms with Crippen molar-refractivity contribution in [1.29, 1.82) is 0 Å². The van der Waals surface area contributed by atoms with E-state index in [4.69, 9.17) is 23.8 Å². The fourth-order valence-corrected chi connectivity index (χ4v) is 1.97. The van der Waals surface area contributed by atoms with Gasteiger partial charge in [0.2, 0.25) is 0 Å². The smallest absolute Gasteiger partial charge is 0.170 e. The van der Waals surface area contributed by atoms with Crippen molar-refractivity contribution in [2.24, 2.45) is 0 Å². The Hall–Kier alpha value is -0.840. The van der Waals surface area contributed by atoms with Crippen molar-refractivity contribution in [2.45, 2.75) is 13.3 Å². The summed E-state index contributed by atoms with van der Waals surface area (Å²) in [6.07, 6.45) is 1.06. The molecule has 0 atom stereocenters. The molecule has 0 amide bonds. The molecule has 0 saturated heterocycles. The predicted molar refractivity (Wildman–Crippen MR) is 83.6 cm³/mol. The van der Waals surface area contributed by atoms with Gasteiger partial charge in [-0.05, 0) is 70.0 Å². The molecule has 3 nitrogen and oxygen atoms in total. The van der Waals surface area contributed by atoms with E-state index in [2.05, 4.69) is 29.6 Å². The largest absolute Gasteiger partial charge is 0.362 e. The number of rotatable bonds is 5. The van der Waals surface area contributed by atoms with Gasteiger partial charge in [-0.1, -0.05) is 11.6 Å². The molecule has 1 aromatic carbocycles. The van der Waals surface area contributed by atoms with Crippen LogP contribution in [0.15, 0.2) is 18.2 Å². The minimum atomic E-state index is 0.652. The number of hydrogen-bond acceptors (Lipinski definition) is 2. The standard InChI is InChI=1S/C13H20ClN3S/c1-10-9-11(14)5-6-12(10)16-13(18)15-7-4-8-17(2)3/h5-6,9H,4,7-8H2,1-3H3,(H2,15,16,18). The maximum absolute atomic E-state index is 5.90. The molecular weight excluding hydrogens is 266 g/mol. The Labute approximate surface area is 120 Å². The second-order valence-corrected chi connectivity index (χ2v) is 5.34. The molecule has 2 N–H and O–H groups in total. The zero-order valence-corrected chi connectivity index (χ0v) is 12.7. The van der Waals surface area contributed by atoms with Crippen LogP contribution in [0.2, 0.25) is 5.02 Å². The number of halogens is 1. The van der Waals surface area contributed by atoms with Gasteiger partial charge in [0, 0.05) is 17.3 Å². The number of aryl methyl sites for hydroxylation is 1. The molecule has 1 rings (SSSR count).